The summed E-state index contributed by atoms with van der Waals surface area (Å²) >= 11 is 0. The molecule has 0 saturated carbocycles. The average Bonchev–Trinajstić information content (AvgIpc) is 2.69. The summed E-state index contributed by atoms with van der Waals surface area (Å²) in [5.41, 5.74) is -0.899. The molecule has 1 heterocycles. The minimum Gasteiger partial charge on any atom is -0.480 e. The fourth-order valence-electron chi connectivity index (χ4n) is 2.12. The van der Waals surface area contributed by atoms with E-state index < -0.39 is 36.3 Å². The number of carboxylic acid groups (broad SMARTS) is 1. The Labute approximate surface area is 112 Å². The Balaban J connectivity index is 2.26. The van der Waals surface area contributed by atoms with Crippen LogP contribution in [0.2, 0.25) is 0 Å². The zero-order valence-electron chi connectivity index (χ0n) is 10.1. The number of nitrogens with one attached hydrogen (secondary N) is 1. The third-order valence-corrected chi connectivity index (χ3v) is 2.96. The second-order valence-electron chi connectivity index (χ2n) is 4.36. The summed E-state index contributed by atoms with van der Waals surface area (Å²) in [5.74, 6) is -1.22. The lowest BCUT2D eigenvalue weighted by Crippen LogP contribution is -2.32. The molecule has 1 aromatic rings. The van der Waals surface area contributed by atoms with Gasteiger partial charge in [0, 0.05) is 6.54 Å². The van der Waals surface area contributed by atoms with Gasteiger partial charge in [0.2, 0.25) is 0 Å². The summed E-state index contributed by atoms with van der Waals surface area (Å²) in [6.45, 7) is -0.658. The summed E-state index contributed by atoms with van der Waals surface area (Å²) in [7, 11) is 0. The van der Waals surface area contributed by atoms with Crippen LogP contribution in [0.1, 0.15) is 17.2 Å². The van der Waals surface area contributed by atoms with Crippen LogP contribution in [-0.2, 0) is 11.0 Å². The van der Waals surface area contributed by atoms with Crippen LogP contribution in [0.3, 0.4) is 0 Å². The zero-order valence-corrected chi connectivity index (χ0v) is 10.1. The summed E-state index contributed by atoms with van der Waals surface area (Å²) in [4.78, 5) is 23.1. The van der Waals surface area contributed by atoms with Crippen LogP contribution >= 0.6 is 0 Å². The van der Waals surface area contributed by atoms with Crippen LogP contribution in [-0.4, -0.2) is 35.1 Å². The predicted molar refractivity (Wildman–Crippen MR) is 61.9 cm³/mol. The maximum atomic E-state index is 12.9. The number of carboxylic acids is 1. The van der Waals surface area contributed by atoms with Crippen molar-refractivity contribution in [2.45, 2.75) is 12.2 Å². The lowest BCUT2D eigenvalue weighted by atomic mass is 10.0. The molecule has 0 aliphatic carbocycles. The Morgan fingerprint density at radius 2 is 2.05 bits per heavy atom. The number of amides is 2. The Bertz CT molecular complexity index is 545. The first-order valence-corrected chi connectivity index (χ1v) is 5.72. The number of hydrogen-bond acceptors (Lipinski definition) is 2. The van der Waals surface area contributed by atoms with Gasteiger partial charge in [-0.05, 0) is 11.6 Å². The number of urea groups is 1. The molecule has 1 saturated heterocycles. The van der Waals surface area contributed by atoms with Crippen molar-refractivity contribution < 1.29 is 27.9 Å². The van der Waals surface area contributed by atoms with Crippen LogP contribution in [0, 0.1) is 0 Å². The van der Waals surface area contributed by atoms with Crippen LogP contribution < -0.4 is 5.32 Å². The zero-order chi connectivity index (χ0) is 14.9. The molecule has 1 unspecified atom stereocenters. The van der Waals surface area contributed by atoms with Crippen molar-refractivity contribution in [2.75, 3.05) is 13.1 Å². The summed E-state index contributed by atoms with van der Waals surface area (Å²) < 4.78 is 38.7. The van der Waals surface area contributed by atoms with E-state index >= 15 is 0 Å². The number of alkyl halides is 3. The molecule has 0 radical (unpaired) electrons. The highest BCUT2D eigenvalue weighted by Crippen LogP contribution is 2.35. The van der Waals surface area contributed by atoms with Gasteiger partial charge in [-0.15, -0.1) is 0 Å². The molecule has 1 aliphatic rings. The van der Waals surface area contributed by atoms with Gasteiger partial charge in [-0.25, -0.2) is 4.79 Å². The number of rotatable bonds is 3. The molecule has 20 heavy (non-hydrogen) atoms. The Morgan fingerprint density at radius 1 is 1.40 bits per heavy atom. The normalized spacial score (nSPS) is 19.1. The molecule has 2 amide bonds. The molecule has 1 aromatic carbocycles. The van der Waals surface area contributed by atoms with Crippen molar-refractivity contribution in [3.63, 3.8) is 0 Å². The van der Waals surface area contributed by atoms with Gasteiger partial charge >= 0.3 is 18.2 Å². The first-order chi connectivity index (χ1) is 9.29. The second-order valence-corrected chi connectivity index (χ2v) is 4.36. The van der Waals surface area contributed by atoms with Gasteiger partial charge < -0.3 is 15.3 Å². The van der Waals surface area contributed by atoms with Gasteiger partial charge in [0.1, 0.15) is 6.54 Å². The number of hydrogen-bond donors (Lipinski definition) is 2. The Morgan fingerprint density at radius 3 is 2.65 bits per heavy atom. The van der Waals surface area contributed by atoms with E-state index in [4.69, 9.17) is 5.11 Å². The SMILES string of the molecule is O=C(O)CN1CC(c2ccccc2C(F)(F)F)NC1=O. The standard InChI is InChI=1S/C12H11F3N2O3/c13-12(14,15)8-4-2-1-3-7(8)9-5-17(6-10(18)19)11(20)16-9/h1-4,9H,5-6H2,(H,16,20)(H,18,19). The van der Waals surface area contributed by atoms with Crippen molar-refractivity contribution >= 4 is 12.0 Å². The van der Waals surface area contributed by atoms with Crippen LogP contribution in [0.5, 0.6) is 0 Å². The van der Waals surface area contributed by atoms with Crippen LogP contribution in [0.15, 0.2) is 24.3 Å². The molecule has 2 N–H and O–H groups in total. The minimum atomic E-state index is -4.53. The highest BCUT2D eigenvalue weighted by molar-refractivity contribution is 5.82. The molecular formula is C12H11F3N2O3. The van der Waals surface area contributed by atoms with Crippen molar-refractivity contribution in [1.29, 1.82) is 0 Å². The number of aliphatic carboxylic acids is 1. The summed E-state index contributed by atoms with van der Waals surface area (Å²) in [6, 6.07) is 3.35. The average molecular weight is 288 g/mol. The van der Waals surface area contributed by atoms with Crippen molar-refractivity contribution in [3.05, 3.63) is 35.4 Å². The Hall–Kier alpha value is -2.25. The molecule has 0 bridgehead atoms. The minimum absolute atomic E-state index is 0.0683. The number of nitrogens with zero attached hydrogens (tertiary/aromatic N) is 1. The predicted octanol–water partition coefficient (Wildman–Crippen LogP) is 1.86. The smallest absolute Gasteiger partial charge is 0.416 e. The molecule has 5 nitrogen and oxygen atoms in total. The van der Waals surface area contributed by atoms with E-state index in [0.717, 1.165) is 11.0 Å². The van der Waals surface area contributed by atoms with E-state index in [2.05, 4.69) is 5.32 Å². The van der Waals surface area contributed by atoms with Gasteiger partial charge in [-0.3, -0.25) is 4.79 Å². The van der Waals surface area contributed by atoms with E-state index in [1.54, 1.807) is 0 Å². The van der Waals surface area contributed by atoms with E-state index in [1.807, 2.05) is 0 Å². The highest BCUT2D eigenvalue weighted by atomic mass is 19.4. The van der Waals surface area contributed by atoms with Gasteiger partial charge in [-0.1, -0.05) is 18.2 Å². The maximum absolute atomic E-state index is 12.9. The fraction of sp³-hybridized carbons (Fsp3) is 0.333. The third kappa shape index (κ3) is 2.84. The number of carbonyl (C=O) groups is 2. The molecule has 1 aliphatic heterocycles. The summed E-state index contributed by atoms with van der Waals surface area (Å²) in [6.07, 6.45) is -4.53. The molecule has 1 atom stereocenters. The van der Waals surface area contributed by atoms with Crippen molar-refractivity contribution in [3.8, 4) is 0 Å². The lowest BCUT2D eigenvalue weighted by molar-refractivity contribution is -0.139. The van der Waals surface area contributed by atoms with Crippen molar-refractivity contribution in [1.82, 2.24) is 10.2 Å². The molecule has 0 aromatic heterocycles. The topological polar surface area (TPSA) is 69.6 Å². The number of halogens is 3. The first-order valence-electron chi connectivity index (χ1n) is 5.72. The van der Waals surface area contributed by atoms with E-state index in [1.165, 1.54) is 18.2 Å². The van der Waals surface area contributed by atoms with Crippen LogP contribution in [0.4, 0.5) is 18.0 Å². The van der Waals surface area contributed by atoms with E-state index in [9.17, 15) is 22.8 Å². The molecule has 1 fully saturated rings. The van der Waals surface area contributed by atoms with E-state index in [-0.39, 0.29) is 12.1 Å². The monoisotopic (exact) mass is 288 g/mol. The lowest BCUT2D eigenvalue weighted by Gasteiger charge is -2.17. The Kier molecular flexibility index (Phi) is 3.56. The molecule has 108 valence electrons. The quantitative estimate of drug-likeness (QED) is 0.892. The molecule has 0 spiro atoms. The van der Waals surface area contributed by atoms with Crippen LogP contribution in [0.25, 0.3) is 0 Å². The van der Waals surface area contributed by atoms with Crippen molar-refractivity contribution in [2.24, 2.45) is 0 Å². The van der Waals surface area contributed by atoms with Gasteiger partial charge in [0.25, 0.3) is 0 Å². The van der Waals surface area contributed by atoms with Gasteiger partial charge in [-0.2, -0.15) is 13.2 Å². The van der Waals surface area contributed by atoms with Gasteiger partial charge in [0.15, 0.2) is 0 Å². The largest absolute Gasteiger partial charge is 0.480 e. The summed E-state index contributed by atoms with van der Waals surface area (Å²) in [5, 5.41) is 11.0. The third-order valence-electron chi connectivity index (χ3n) is 2.96. The molecule has 8 heteroatoms. The van der Waals surface area contributed by atoms with E-state index in [0.29, 0.717) is 0 Å². The number of carbonyl (C=O) groups excluding carboxylic acids is 1. The highest BCUT2D eigenvalue weighted by Gasteiger charge is 2.38. The molecule has 2 rings (SSSR count). The first kappa shape index (κ1) is 14.2. The second kappa shape index (κ2) is 5.03. The van der Waals surface area contributed by atoms with Gasteiger partial charge in [0.05, 0.1) is 11.6 Å². The fourth-order valence-corrected chi connectivity index (χ4v) is 2.12. The molecular weight excluding hydrogens is 277 g/mol. The number of benzene rings is 1. The maximum Gasteiger partial charge on any atom is 0.416 e.